The Kier molecular flexibility index (Phi) is 5.57. The molecule has 0 unspecified atom stereocenters. The largest absolute Gasteiger partial charge is 0.411 e. The van der Waals surface area contributed by atoms with E-state index in [2.05, 4.69) is 10.1 Å². The van der Waals surface area contributed by atoms with Crippen LogP contribution in [0.5, 0.6) is 0 Å². The summed E-state index contributed by atoms with van der Waals surface area (Å²) in [6.45, 7) is -1.06. The van der Waals surface area contributed by atoms with Crippen LogP contribution in [0.3, 0.4) is 0 Å². The van der Waals surface area contributed by atoms with Gasteiger partial charge in [0.05, 0.1) is 5.69 Å². The molecule has 0 spiro atoms. The molecular formula is C12H12F4N2O. The summed E-state index contributed by atoms with van der Waals surface area (Å²) in [5, 5.41) is 11.5. The maximum Gasteiger partial charge on any atom is 0.411 e. The Hall–Kier alpha value is -1.81. The molecule has 0 saturated heterocycles. The van der Waals surface area contributed by atoms with Gasteiger partial charge in [-0.1, -0.05) is 6.07 Å². The van der Waals surface area contributed by atoms with Gasteiger partial charge in [0, 0.05) is 13.2 Å². The first-order valence-corrected chi connectivity index (χ1v) is 5.51. The molecule has 0 bridgehead atoms. The predicted octanol–water partition coefficient (Wildman–Crippen LogP) is 3.08. The van der Waals surface area contributed by atoms with Gasteiger partial charge in [0.15, 0.2) is 0 Å². The lowest BCUT2D eigenvalue weighted by Crippen LogP contribution is -2.18. The van der Waals surface area contributed by atoms with E-state index < -0.39 is 18.6 Å². The van der Waals surface area contributed by atoms with Gasteiger partial charge in [0.1, 0.15) is 24.1 Å². The van der Waals surface area contributed by atoms with Crippen molar-refractivity contribution in [2.45, 2.75) is 12.6 Å². The zero-order chi connectivity index (χ0) is 14.3. The van der Waals surface area contributed by atoms with Crippen LogP contribution in [0.15, 0.2) is 18.2 Å². The summed E-state index contributed by atoms with van der Waals surface area (Å²) in [7, 11) is 0. The van der Waals surface area contributed by atoms with Crippen molar-refractivity contribution in [1.82, 2.24) is 0 Å². The first-order chi connectivity index (χ1) is 8.94. The van der Waals surface area contributed by atoms with Gasteiger partial charge in [-0.15, -0.1) is 0 Å². The second-order valence-corrected chi connectivity index (χ2v) is 3.72. The van der Waals surface area contributed by atoms with Gasteiger partial charge < -0.3 is 10.1 Å². The lowest BCUT2D eigenvalue weighted by molar-refractivity contribution is -0.173. The highest BCUT2D eigenvalue weighted by Gasteiger charge is 2.27. The number of hydrogen-bond donors (Lipinski definition) is 1. The highest BCUT2D eigenvalue weighted by Crippen LogP contribution is 2.17. The highest BCUT2D eigenvalue weighted by molar-refractivity contribution is 5.57. The molecule has 0 heterocycles. The van der Waals surface area contributed by atoms with Crippen LogP contribution in [-0.4, -0.2) is 25.9 Å². The van der Waals surface area contributed by atoms with Crippen LogP contribution in [0.25, 0.3) is 0 Å². The quantitative estimate of drug-likeness (QED) is 0.641. The highest BCUT2D eigenvalue weighted by atomic mass is 19.4. The van der Waals surface area contributed by atoms with Crippen LogP contribution in [-0.2, 0) is 4.74 Å². The van der Waals surface area contributed by atoms with Crippen LogP contribution in [0.2, 0.25) is 0 Å². The summed E-state index contributed by atoms with van der Waals surface area (Å²) in [5.41, 5.74) is 0.206. The number of anilines is 1. The third-order valence-electron chi connectivity index (χ3n) is 2.17. The maximum atomic E-state index is 13.2. The van der Waals surface area contributed by atoms with Crippen molar-refractivity contribution in [1.29, 1.82) is 5.26 Å². The third kappa shape index (κ3) is 5.57. The second kappa shape index (κ2) is 6.95. The summed E-state index contributed by atoms with van der Waals surface area (Å²) in [5.74, 6) is -0.638. The van der Waals surface area contributed by atoms with Crippen LogP contribution in [0, 0.1) is 17.1 Å². The van der Waals surface area contributed by atoms with Crippen molar-refractivity contribution in [2.24, 2.45) is 0 Å². The van der Waals surface area contributed by atoms with E-state index in [0.29, 0.717) is 12.1 Å². The van der Waals surface area contributed by atoms with Gasteiger partial charge in [-0.05, 0) is 18.6 Å². The molecule has 7 heteroatoms. The van der Waals surface area contributed by atoms with Gasteiger partial charge in [0.2, 0.25) is 0 Å². The molecular weight excluding hydrogens is 264 g/mol. The van der Waals surface area contributed by atoms with Crippen LogP contribution in [0.1, 0.15) is 12.0 Å². The molecule has 0 aliphatic heterocycles. The Bertz CT molecular complexity index is 454. The van der Waals surface area contributed by atoms with Crippen molar-refractivity contribution < 1.29 is 22.3 Å². The fraction of sp³-hybridized carbons (Fsp3) is 0.417. The Labute approximate surface area is 107 Å². The first kappa shape index (κ1) is 15.2. The standard InChI is InChI=1S/C12H12F4N2O/c13-10-3-1-4-11(9(10)7-17)18-5-2-6-19-8-12(14,15)16/h1,3-4,18H,2,5-6,8H2. The summed E-state index contributed by atoms with van der Waals surface area (Å²) < 4.78 is 52.9. The minimum absolute atomic E-state index is 0.0658. The number of nitrogens with zero attached hydrogens (tertiary/aromatic N) is 1. The lowest BCUT2D eigenvalue weighted by atomic mass is 10.2. The normalized spacial score (nSPS) is 11.1. The number of rotatable bonds is 6. The van der Waals surface area contributed by atoms with Crippen LogP contribution in [0.4, 0.5) is 23.2 Å². The Morgan fingerprint density at radius 2 is 2.05 bits per heavy atom. The Morgan fingerprint density at radius 1 is 1.32 bits per heavy atom. The minimum Gasteiger partial charge on any atom is -0.384 e. The van der Waals surface area contributed by atoms with E-state index in [1.54, 1.807) is 6.07 Å². The average Bonchev–Trinajstić information content (AvgIpc) is 2.32. The molecule has 0 aliphatic rings. The minimum atomic E-state index is -4.33. The second-order valence-electron chi connectivity index (χ2n) is 3.72. The third-order valence-corrected chi connectivity index (χ3v) is 2.17. The molecule has 0 aromatic heterocycles. The monoisotopic (exact) mass is 276 g/mol. The molecule has 0 amide bonds. The van der Waals surface area contributed by atoms with Gasteiger partial charge in [-0.2, -0.15) is 18.4 Å². The van der Waals surface area contributed by atoms with Crippen molar-refractivity contribution in [3.05, 3.63) is 29.6 Å². The molecule has 0 fully saturated rings. The number of nitrogens with one attached hydrogen (secondary N) is 1. The van der Waals surface area contributed by atoms with Gasteiger partial charge in [-0.3, -0.25) is 0 Å². The summed E-state index contributed by atoms with van der Waals surface area (Å²) in [6, 6.07) is 5.85. The Morgan fingerprint density at radius 3 is 2.68 bits per heavy atom. The van der Waals surface area contributed by atoms with E-state index in [0.717, 1.165) is 6.07 Å². The molecule has 1 N–H and O–H groups in total. The fourth-order valence-corrected chi connectivity index (χ4v) is 1.37. The SMILES string of the molecule is N#Cc1c(F)cccc1NCCCOCC(F)(F)F. The number of alkyl halides is 3. The summed E-state index contributed by atoms with van der Waals surface area (Å²) in [6.07, 6.45) is -4.01. The molecule has 104 valence electrons. The topological polar surface area (TPSA) is 45.0 Å². The van der Waals surface area contributed by atoms with Crippen LogP contribution >= 0.6 is 0 Å². The van der Waals surface area contributed by atoms with Gasteiger partial charge in [0.25, 0.3) is 0 Å². The predicted molar refractivity (Wildman–Crippen MR) is 61.1 cm³/mol. The number of benzene rings is 1. The number of hydrogen-bond acceptors (Lipinski definition) is 3. The van der Waals surface area contributed by atoms with E-state index in [1.807, 2.05) is 0 Å². The number of halogens is 4. The molecule has 0 radical (unpaired) electrons. The molecule has 19 heavy (non-hydrogen) atoms. The van der Waals surface area contributed by atoms with E-state index >= 15 is 0 Å². The van der Waals surface area contributed by atoms with Crippen molar-refractivity contribution in [3.8, 4) is 6.07 Å². The summed E-state index contributed by atoms with van der Waals surface area (Å²) >= 11 is 0. The van der Waals surface area contributed by atoms with E-state index in [1.165, 1.54) is 12.1 Å². The van der Waals surface area contributed by atoms with Crippen molar-refractivity contribution >= 4 is 5.69 Å². The molecule has 0 atom stereocenters. The van der Waals surface area contributed by atoms with Gasteiger partial charge >= 0.3 is 6.18 Å². The van der Waals surface area contributed by atoms with Crippen LogP contribution < -0.4 is 5.32 Å². The zero-order valence-corrected chi connectivity index (χ0v) is 9.93. The van der Waals surface area contributed by atoms with Gasteiger partial charge in [-0.25, -0.2) is 4.39 Å². The Balaban J connectivity index is 2.31. The average molecular weight is 276 g/mol. The molecule has 0 aliphatic carbocycles. The molecule has 1 aromatic carbocycles. The fourth-order valence-electron chi connectivity index (χ4n) is 1.37. The van der Waals surface area contributed by atoms with E-state index in [4.69, 9.17) is 5.26 Å². The molecule has 3 nitrogen and oxygen atoms in total. The number of ether oxygens (including phenoxy) is 1. The summed E-state index contributed by atoms with van der Waals surface area (Å²) in [4.78, 5) is 0. The zero-order valence-electron chi connectivity index (χ0n) is 9.93. The lowest BCUT2D eigenvalue weighted by Gasteiger charge is -2.10. The van der Waals surface area contributed by atoms with E-state index in [-0.39, 0.29) is 18.7 Å². The van der Waals surface area contributed by atoms with E-state index in [9.17, 15) is 17.6 Å². The van der Waals surface area contributed by atoms with Crippen molar-refractivity contribution in [2.75, 3.05) is 25.1 Å². The van der Waals surface area contributed by atoms with Crippen molar-refractivity contribution in [3.63, 3.8) is 0 Å². The molecule has 1 aromatic rings. The smallest absolute Gasteiger partial charge is 0.384 e. The molecule has 0 saturated carbocycles. The first-order valence-electron chi connectivity index (χ1n) is 5.51. The number of nitriles is 1. The maximum absolute atomic E-state index is 13.2. The molecule has 1 rings (SSSR count).